The lowest BCUT2D eigenvalue weighted by Gasteiger charge is -2.51. The first kappa shape index (κ1) is 25.4. The summed E-state index contributed by atoms with van der Waals surface area (Å²) in [6.45, 7) is 1.97. The number of nitrogens with two attached hydrogens (primary N) is 1. The van der Waals surface area contributed by atoms with Crippen molar-refractivity contribution in [2.75, 3.05) is 18.8 Å². The highest BCUT2D eigenvalue weighted by Crippen LogP contribution is 2.60. The van der Waals surface area contributed by atoms with E-state index in [1.54, 1.807) is 6.20 Å². The summed E-state index contributed by atoms with van der Waals surface area (Å²) >= 11 is 0. The molecule has 1 amide bonds. The fourth-order valence-electron chi connectivity index (χ4n) is 8.11. The Labute approximate surface area is 228 Å². The van der Waals surface area contributed by atoms with Crippen molar-refractivity contribution in [3.8, 4) is 11.1 Å². The van der Waals surface area contributed by atoms with Crippen LogP contribution in [0.4, 0.5) is 14.6 Å². The van der Waals surface area contributed by atoms with Gasteiger partial charge in [0, 0.05) is 54.7 Å². The number of hydrogen-bond donors (Lipinski definition) is 3. The van der Waals surface area contributed by atoms with Gasteiger partial charge >= 0.3 is 0 Å². The average molecular weight is 537 g/mol. The van der Waals surface area contributed by atoms with Gasteiger partial charge in [-0.2, -0.15) is 0 Å². The number of hydrogen-bond acceptors (Lipinski definition) is 5. The normalized spacial score (nSPS) is 35.5. The molecule has 0 spiro atoms. The van der Waals surface area contributed by atoms with Crippen LogP contribution >= 0.6 is 0 Å². The van der Waals surface area contributed by atoms with E-state index < -0.39 is 11.5 Å². The van der Waals surface area contributed by atoms with Gasteiger partial charge in [-0.25, -0.2) is 13.8 Å². The van der Waals surface area contributed by atoms with Crippen molar-refractivity contribution in [1.82, 2.24) is 15.2 Å². The van der Waals surface area contributed by atoms with E-state index in [2.05, 4.69) is 39.5 Å². The van der Waals surface area contributed by atoms with Gasteiger partial charge in [0.15, 0.2) is 0 Å². The molecule has 2 atom stereocenters. The maximum atomic E-state index is 13.7. The summed E-state index contributed by atoms with van der Waals surface area (Å²) in [5.41, 5.74) is 9.02. The second-order valence-electron chi connectivity index (χ2n) is 13.3. The van der Waals surface area contributed by atoms with Crippen LogP contribution in [0.25, 0.3) is 11.1 Å². The molecule has 6 nitrogen and oxygen atoms in total. The maximum Gasteiger partial charge on any atom is 0.255 e. The SMILES string of the molecule is Nc1ncc(-c2ccc(C34CC3CN(C3CCC(F)(F)CC3)C4)cc2)cc1C(=O)NC12CCC(O)(CC1)CC2. The molecule has 2 aromatic rings. The third-order valence-corrected chi connectivity index (χ3v) is 10.9. The van der Waals surface area contributed by atoms with Gasteiger partial charge in [-0.1, -0.05) is 24.3 Å². The van der Waals surface area contributed by atoms with Gasteiger partial charge in [-0.3, -0.25) is 9.69 Å². The lowest BCUT2D eigenvalue weighted by Crippen LogP contribution is -2.58. The minimum absolute atomic E-state index is 0.0144. The molecular formula is C31H38F2N4O2. The van der Waals surface area contributed by atoms with E-state index in [1.807, 2.05) is 6.07 Å². The van der Waals surface area contributed by atoms with E-state index in [0.717, 1.165) is 62.7 Å². The second-order valence-corrected chi connectivity index (χ2v) is 13.3. The summed E-state index contributed by atoms with van der Waals surface area (Å²) < 4.78 is 27.3. The minimum atomic E-state index is -2.48. The number of carbonyl (C=O) groups is 1. The van der Waals surface area contributed by atoms with Gasteiger partial charge in [0.05, 0.1) is 11.2 Å². The Morgan fingerprint density at radius 2 is 1.67 bits per heavy atom. The number of nitrogen functional groups attached to an aromatic ring is 1. The number of amides is 1. The lowest BCUT2D eigenvalue weighted by atomic mass is 9.63. The molecule has 1 aromatic heterocycles. The van der Waals surface area contributed by atoms with Crippen LogP contribution in [0.5, 0.6) is 0 Å². The molecule has 5 saturated carbocycles. The van der Waals surface area contributed by atoms with E-state index in [9.17, 15) is 18.7 Å². The predicted octanol–water partition coefficient (Wildman–Crippen LogP) is 5.05. The zero-order valence-electron chi connectivity index (χ0n) is 22.4. The molecule has 6 aliphatic rings. The number of aliphatic hydroxyl groups is 1. The highest BCUT2D eigenvalue weighted by Gasteiger charge is 2.61. The third kappa shape index (κ3) is 4.44. The predicted molar refractivity (Wildman–Crippen MR) is 145 cm³/mol. The molecule has 1 saturated heterocycles. The molecule has 0 radical (unpaired) electrons. The number of nitrogens with one attached hydrogen (secondary N) is 1. The van der Waals surface area contributed by atoms with Gasteiger partial charge < -0.3 is 16.2 Å². The van der Waals surface area contributed by atoms with Gasteiger partial charge in [-0.15, -0.1) is 0 Å². The summed E-state index contributed by atoms with van der Waals surface area (Å²) in [7, 11) is 0. The number of halogens is 2. The first-order valence-electron chi connectivity index (χ1n) is 14.6. The van der Waals surface area contributed by atoms with Crippen molar-refractivity contribution in [2.45, 2.75) is 99.1 Å². The number of benzene rings is 1. The number of aromatic nitrogens is 1. The number of fused-ring (bicyclic) bond motifs is 4. The maximum absolute atomic E-state index is 13.7. The molecule has 1 aliphatic heterocycles. The van der Waals surface area contributed by atoms with Gasteiger partial charge in [0.1, 0.15) is 5.82 Å². The quantitative estimate of drug-likeness (QED) is 0.498. The van der Waals surface area contributed by atoms with Crippen LogP contribution < -0.4 is 11.1 Å². The Bertz CT molecular complexity index is 1260. The van der Waals surface area contributed by atoms with Crippen LogP contribution in [0.1, 0.15) is 86.6 Å². The van der Waals surface area contributed by atoms with E-state index in [1.165, 1.54) is 12.0 Å². The number of rotatable bonds is 5. The molecular weight excluding hydrogens is 498 g/mol. The Hall–Kier alpha value is -2.58. The Kier molecular flexibility index (Phi) is 5.67. The molecule has 4 N–H and O–H groups in total. The first-order valence-corrected chi connectivity index (χ1v) is 14.6. The van der Waals surface area contributed by atoms with Crippen LogP contribution in [0.15, 0.2) is 36.5 Å². The zero-order valence-corrected chi connectivity index (χ0v) is 22.4. The van der Waals surface area contributed by atoms with E-state index in [-0.39, 0.29) is 41.6 Å². The van der Waals surface area contributed by atoms with Gasteiger partial charge in [0.2, 0.25) is 5.92 Å². The van der Waals surface area contributed by atoms with E-state index in [0.29, 0.717) is 24.3 Å². The van der Waals surface area contributed by atoms with Gasteiger partial charge in [0.25, 0.3) is 5.91 Å². The number of nitrogens with zero attached hydrogens (tertiary/aromatic N) is 2. The molecule has 5 aliphatic carbocycles. The number of pyridine rings is 1. The van der Waals surface area contributed by atoms with Crippen molar-refractivity contribution >= 4 is 11.7 Å². The number of piperidine rings is 1. The van der Waals surface area contributed by atoms with Crippen molar-refractivity contribution in [3.05, 3.63) is 47.7 Å². The van der Waals surface area contributed by atoms with Gasteiger partial charge in [-0.05, 0) is 80.9 Å². The summed E-state index contributed by atoms with van der Waals surface area (Å²) in [5, 5.41) is 13.8. The lowest BCUT2D eigenvalue weighted by molar-refractivity contribution is -0.0702. The Morgan fingerprint density at radius 3 is 2.33 bits per heavy atom. The average Bonchev–Trinajstić information content (AvgIpc) is 3.50. The topological polar surface area (TPSA) is 91.5 Å². The molecule has 8 heteroatoms. The van der Waals surface area contributed by atoms with Crippen LogP contribution in [0.3, 0.4) is 0 Å². The van der Waals surface area contributed by atoms with Crippen LogP contribution in [0.2, 0.25) is 0 Å². The highest BCUT2D eigenvalue weighted by atomic mass is 19.3. The van der Waals surface area contributed by atoms with Crippen LogP contribution in [-0.4, -0.2) is 57.1 Å². The first-order chi connectivity index (χ1) is 18.6. The summed E-state index contributed by atoms with van der Waals surface area (Å²) in [4.78, 5) is 20.1. The molecule has 2 unspecified atom stereocenters. The van der Waals surface area contributed by atoms with E-state index >= 15 is 0 Å². The Balaban J connectivity index is 1.04. The second kappa shape index (κ2) is 8.71. The van der Waals surface area contributed by atoms with Crippen molar-refractivity contribution < 1.29 is 18.7 Å². The molecule has 2 heterocycles. The summed E-state index contributed by atoms with van der Waals surface area (Å²) in [6, 6.07) is 10.7. The molecule has 8 rings (SSSR count). The van der Waals surface area contributed by atoms with E-state index in [4.69, 9.17) is 5.73 Å². The number of likely N-dealkylation sites (tertiary alicyclic amines) is 1. The third-order valence-electron chi connectivity index (χ3n) is 10.9. The largest absolute Gasteiger partial charge is 0.390 e. The number of anilines is 1. The van der Waals surface area contributed by atoms with Crippen LogP contribution in [-0.2, 0) is 5.41 Å². The fourth-order valence-corrected chi connectivity index (χ4v) is 8.11. The van der Waals surface area contributed by atoms with Crippen molar-refractivity contribution in [2.24, 2.45) is 5.92 Å². The highest BCUT2D eigenvalue weighted by molar-refractivity contribution is 5.99. The molecule has 39 heavy (non-hydrogen) atoms. The molecule has 6 fully saturated rings. The molecule has 208 valence electrons. The number of alkyl halides is 2. The molecule has 2 bridgehead atoms. The van der Waals surface area contributed by atoms with Crippen molar-refractivity contribution in [1.29, 1.82) is 0 Å². The summed E-state index contributed by atoms with van der Waals surface area (Å²) in [6.07, 6.45) is 8.65. The zero-order chi connectivity index (χ0) is 27.0. The fraction of sp³-hybridized carbons (Fsp3) is 0.613. The van der Waals surface area contributed by atoms with Crippen LogP contribution in [0, 0.1) is 5.92 Å². The summed E-state index contributed by atoms with van der Waals surface area (Å²) in [5.74, 6) is -1.85. The smallest absolute Gasteiger partial charge is 0.255 e. The minimum Gasteiger partial charge on any atom is -0.390 e. The Morgan fingerprint density at radius 1 is 1.00 bits per heavy atom. The molecule has 1 aromatic carbocycles. The standard InChI is InChI=1S/C31H38F2N4O2/c32-31(33)7-5-24(6-8-31)37-18-23-16-30(23,19-37)22-3-1-20(2-4-22)21-15-25(26(34)35-17-21)27(38)36-28-9-12-29(39,13-10-28)14-11-28/h1-4,15,17,23-24,39H,5-14,16,18-19H2,(H2,34,35)(H,36,38). The number of carbonyl (C=O) groups excluding carboxylic acids is 1. The van der Waals surface area contributed by atoms with Crippen molar-refractivity contribution in [3.63, 3.8) is 0 Å². The monoisotopic (exact) mass is 536 g/mol.